The first kappa shape index (κ1) is 11.2. The Morgan fingerprint density at radius 3 is 3.12 bits per heavy atom. The molecule has 1 aliphatic heterocycles. The van der Waals surface area contributed by atoms with Crippen molar-refractivity contribution in [2.75, 3.05) is 30.3 Å². The van der Waals surface area contributed by atoms with Crippen LogP contribution in [0.2, 0.25) is 0 Å². The van der Waals surface area contributed by atoms with Crippen molar-refractivity contribution in [3.8, 4) is 0 Å². The van der Waals surface area contributed by atoms with Crippen LogP contribution in [-0.2, 0) is 4.74 Å². The fraction of sp³-hybridized carbons (Fsp3) is 0.500. The molecule has 2 rings (SSSR count). The minimum atomic E-state index is -0.247. The van der Waals surface area contributed by atoms with E-state index in [1.54, 1.807) is 6.07 Å². The third-order valence-electron chi connectivity index (χ3n) is 2.93. The van der Waals surface area contributed by atoms with E-state index in [0.29, 0.717) is 12.3 Å². The summed E-state index contributed by atoms with van der Waals surface area (Å²) in [7, 11) is 0. The number of ether oxygens (including phenoxy) is 1. The van der Waals surface area contributed by atoms with Crippen molar-refractivity contribution < 1.29 is 9.13 Å². The quantitative estimate of drug-likeness (QED) is 0.781. The van der Waals surface area contributed by atoms with Crippen molar-refractivity contribution in [3.05, 3.63) is 24.0 Å². The van der Waals surface area contributed by atoms with E-state index in [4.69, 9.17) is 10.5 Å². The highest BCUT2D eigenvalue weighted by Gasteiger charge is 2.20. The molecule has 0 radical (unpaired) electrons. The summed E-state index contributed by atoms with van der Waals surface area (Å²) in [6, 6.07) is 4.49. The Labute approximate surface area is 95.0 Å². The SMILES string of the molecule is CCC1CN(c2cc(F)ccc2N)CCO1. The van der Waals surface area contributed by atoms with E-state index >= 15 is 0 Å². The molecule has 88 valence electrons. The lowest BCUT2D eigenvalue weighted by Crippen LogP contribution is -2.42. The first-order valence-electron chi connectivity index (χ1n) is 5.62. The van der Waals surface area contributed by atoms with Crippen molar-refractivity contribution in [2.45, 2.75) is 19.4 Å². The minimum absolute atomic E-state index is 0.219. The number of benzene rings is 1. The molecule has 0 aromatic heterocycles. The summed E-state index contributed by atoms with van der Waals surface area (Å²) in [5, 5.41) is 0. The van der Waals surface area contributed by atoms with Crippen LogP contribution in [0.3, 0.4) is 0 Å². The zero-order valence-electron chi connectivity index (χ0n) is 9.45. The fourth-order valence-corrected chi connectivity index (χ4v) is 1.98. The van der Waals surface area contributed by atoms with Gasteiger partial charge in [-0.3, -0.25) is 0 Å². The molecule has 1 aromatic carbocycles. The van der Waals surface area contributed by atoms with Gasteiger partial charge in [0.2, 0.25) is 0 Å². The van der Waals surface area contributed by atoms with Gasteiger partial charge < -0.3 is 15.4 Å². The molecule has 1 saturated heterocycles. The maximum atomic E-state index is 13.2. The highest BCUT2D eigenvalue weighted by atomic mass is 19.1. The van der Waals surface area contributed by atoms with Crippen molar-refractivity contribution in [2.24, 2.45) is 0 Å². The molecule has 0 bridgehead atoms. The number of hydrogen-bond acceptors (Lipinski definition) is 3. The van der Waals surface area contributed by atoms with E-state index in [1.807, 2.05) is 0 Å². The number of nitrogen functional groups attached to an aromatic ring is 1. The van der Waals surface area contributed by atoms with Crippen molar-refractivity contribution in [1.29, 1.82) is 0 Å². The van der Waals surface area contributed by atoms with E-state index in [-0.39, 0.29) is 11.9 Å². The highest BCUT2D eigenvalue weighted by molar-refractivity contribution is 5.67. The van der Waals surface area contributed by atoms with Gasteiger partial charge in [-0.2, -0.15) is 0 Å². The number of hydrogen-bond donors (Lipinski definition) is 1. The lowest BCUT2D eigenvalue weighted by molar-refractivity contribution is 0.0384. The van der Waals surface area contributed by atoms with Gasteiger partial charge >= 0.3 is 0 Å². The Morgan fingerprint density at radius 1 is 1.56 bits per heavy atom. The summed E-state index contributed by atoms with van der Waals surface area (Å²) < 4.78 is 18.7. The summed E-state index contributed by atoms with van der Waals surface area (Å²) in [6.07, 6.45) is 1.18. The monoisotopic (exact) mass is 224 g/mol. The summed E-state index contributed by atoms with van der Waals surface area (Å²) in [6.45, 7) is 4.31. The lowest BCUT2D eigenvalue weighted by atomic mass is 10.2. The van der Waals surface area contributed by atoms with Gasteiger partial charge in [0.15, 0.2) is 0 Å². The molecular formula is C12H17FN2O. The standard InChI is InChI=1S/C12H17FN2O/c1-2-10-8-15(5-6-16-10)12-7-9(13)3-4-11(12)14/h3-4,7,10H,2,5-6,8,14H2,1H3. The largest absolute Gasteiger partial charge is 0.397 e. The molecule has 16 heavy (non-hydrogen) atoms. The maximum Gasteiger partial charge on any atom is 0.125 e. The summed E-state index contributed by atoms with van der Waals surface area (Å²) in [5.74, 6) is -0.247. The Balaban J connectivity index is 2.19. The second kappa shape index (κ2) is 4.70. The van der Waals surface area contributed by atoms with Crippen LogP contribution in [-0.4, -0.2) is 25.8 Å². The van der Waals surface area contributed by atoms with E-state index in [1.165, 1.54) is 12.1 Å². The fourth-order valence-electron chi connectivity index (χ4n) is 1.98. The van der Waals surface area contributed by atoms with Crippen LogP contribution in [0, 0.1) is 5.82 Å². The van der Waals surface area contributed by atoms with Crippen LogP contribution in [0.1, 0.15) is 13.3 Å². The second-order valence-corrected chi connectivity index (χ2v) is 4.05. The molecule has 4 heteroatoms. The molecule has 2 N–H and O–H groups in total. The first-order chi connectivity index (χ1) is 7.70. The van der Waals surface area contributed by atoms with Crippen LogP contribution >= 0.6 is 0 Å². The number of nitrogens with two attached hydrogens (primary N) is 1. The molecular weight excluding hydrogens is 207 g/mol. The minimum Gasteiger partial charge on any atom is -0.397 e. The van der Waals surface area contributed by atoms with Gasteiger partial charge in [0.25, 0.3) is 0 Å². The van der Waals surface area contributed by atoms with Crippen LogP contribution in [0.15, 0.2) is 18.2 Å². The maximum absolute atomic E-state index is 13.2. The Morgan fingerprint density at radius 2 is 2.38 bits per heavy atom. The molecule has 0 aliphatic carbocycles. The highest BCUT2D eigenvalue weighted by Crippen LogP contribution is 2.26. The van der Waals surface area contributed by atoms with E-state index in [2.05, 4.69) is 11.8 Å². The molecule has 1 aliphatic rings. The predicted molar refractivity (Wildman–Crippen MR) is 63.1 cm³/mol. The molecule has 0 saturated carbocycles. The van der Waals surface area contributed by atoms with Gasteiger partial charge in [-0.15, -0.1) is 0 Å². The Bertz CT molecular complexity index is 370. The second-order valence-electron chi connectivity index (χ2n) is 4.05. The number of morpholine rings is 1. The Hall–Kier alpha value is -1.29. The average Bonchev–Trinajstić information content (AvgIpc) is 2.32. The van der Waals surface area contributed by atoms with Gasteiger partial charge in [0.1, 0.15) is 5.82 Å². The normalized spacial score (nSPS) is 21.1. The first-order valence-corrected chi connectivity index (χ1v) is 5.62. The zero-order chi connectivity index (χ0) is 11.5. The third-order valence-corrected chi connectivity index (χ3v) is 2.93. The molecule has 1 atom stereocenters. The smallest absolute Gasteiger partial charge is 0.125 e. The van der Waals surface area contributed by atoms with Crippen LogP contribution in [0.25, 0.3) is 0 Å². The van der Waals surface area contributed by atoms with Gasteiger partial charge in [-0.05, 0) is 24.6 Å². The molecule has 0 amide bonds. The number of rotatable bonds is 2. The zero-order valence-corrected chi connectivity index (χ0v) is 9.45. The number of nitrogens with zero attached hydrogens (tertiary/aromatic N) is 1. The summed E-state index contributed by atoms with van der Waals surface area (Å²) in [5.41, 5.74) is 7.26. The topological polar surface area (TPSA) is 38.5 Å². The van der Waals surface area contributed by atoms with Crippen LogP contribution in [0.5, 0.6) is 0 Å². The molecule has 1 fully saturated rings. The predicted octanol–water partition coefficient (Wildman–Crippen LogP) is 2.02. The molecule has 1 heterocycles. The van der Waals surface area contributed by atoms with Gasteiger partial charge in [0, 0.05) is 13.1 Å². The molecule has 1 aromatic rings. The lowest BCUT2D eigenvalue weighted by Gasteiger charge is -2.34. The number of halogens is 1. The Kier molecular flexibility index (Phi) is 3.29. The van der Waals surface area contributed by atoms with Crippen molar-refractivity contribution in [3.63, 3.8) is 0 Å². The van der Waals surface area contributed by atoms with Crippen LogP contribution in [0.4, 0.5) is 15.8 Å². The van der Waals surface area contributed by atoms with Crippen LogP contribution < -0.4 is 10.6 Å². The van der Waals surface area contributed by atoms with E-state index < -0.39 is 0 Å². The van der Waals surface area contributed by atoms with E-state index in [0.717, 1.165) is 25.2 Å². The van der Waals surface area contributed by atoms with E-state index in [9.17, 15) is 4.39 Å². The van der Waals surface area contributed by atoms with Crippen molar-refractivity contribution in [1.82, 2.24) is 0 Å². The molecule has 0 spiro atoms. The van der Waals surface area contributed by atoms with Gasteiger partial charge in [0.05, 0.1) is 24.1 Å². The third kappa shape index (κ3) is 2.27. The summed E-state index contributed by atoms with van der Waals surface area (Å²) >= 11 is 0. The molecule has 1 unspecified atom stereocenters. The van der Waals surface area contributed by atoms with Gasteiger partial charge in [-0.1, -0.05) is 6.92 Å². The van der Waals surface area contributed by atoms with Gasteiger partial charge in [-0.25, -0.2) is 4.39 Å². The average molecular weight is 224 g/mol. The number of anilines is 2. The molecule has 3 nitrogen and oxygen atoms in total. The summed E-state index contributed by atoms with van der Waals surface area (Å²) in [4.78, 5) is 2.09. The van der Waals surface area contributed by atoms with Crippen molar-refractivity contribution >= 4 is 11.4 Å².